The molecule has 3 aromatic carbocycles. The topological polar surface area (TPSA) is 96.6 Å². The molecule has 0 spiro atoms. The van der Waals surface area contributed by atoms with Crippen molar-refractivity contribution < 1.29 is 17.9 Å². The van der Waals surface area contributed by atoms with Gasteiger partial charge in [0.15, 0.2) is 0 Å². The SMILES string of the molecule is O=c1oc(C2(CCc3ccccc3)CCC2)cc(O)c1C(c1cccc(NS(=O)(=O)c2ccccc2)c1)C1CC1. The van der Waals surface area contributed by atoms with Crippen LogP contribution in [-0.2, 0) is 21.9 Å². The van der Waals surface area contributed by atoms with E-state index in [1.54, 1.807) is 54.6 Å². The van der Waals surface area contributed by atoms with E-state index in [1.807, 2.05) is 24.3 Å². The van der Waals surface area contributed by atoms with Gasteiger partial charge in [-0.3, -0.25) is 4.72 Å². The lowest BCUT2D eigenvalue weighted by atomic mass is 9.64. The van der Waals surface area contributed by atoms with Gasteiger partial charge in [0.1, 0.15) is 11.5 Å². The van der Waals surface area contributed by atoms with Crippen molar-refractivity contribution in [3.05, 3.63) is 124 Å². The largest absolute Gasteiger partial charge is 0.507 e. The van der Waals surface area contributed by atoms with Gasteiger partial charge >= 0.3 is 5.63 Å². The standard InChI is InChI=1S/C33H33NO5S/c35-28-22-29(33(18-8-19-33)20-17-23-9-3-1-4-10-23)39-32(36)31(28)30(24-15-16-24)25-11-7-12-26(21-25)34-40(37,38)27-13-5-2-6-14-27/h1-7,9-14,21-22,24,30,34-35H,8,15-20H2. The predicted octanol–water partition coefficient (Wildman–Crippen LogP) is 6.74. The Morgan fingerprint density at radius 1 is 0.925 bits per heavy atom. The fourth-order valence-electron chi connectivity index (χ4n) is 6.00. The highest BCUT2D eigenvalue weighted by Crippen LogP contribution is 2.51. The highest BCUT2D eigenvalue weighted by Gasteiger charge is 2.43. The first kappa shape index (κ1) is 26.4. The molecule has 1 aromatic heterocycles. The zero-order chi connectivity index (χ0) is 27.7. The lowest BCUT2D eigenvalue weighted by Gasteiger charge is -2.41. The van der Waals surface area contributed by atoms with Crippen molar-refractivity contribution in [1.29, 1.82) is 0 Å². The first-order valence-corrected chi connectivity index (χ1v) is 15.4. The summed E-state index contributed by atoms with van der Waals surface area (Å²) in [5, 5.41) is 11.3. The Morgan fingerprint density at radius 2 is 1.62 bits per heavy atom. The zero-order valence-corrected chi connectivity index (χ0v) is 23.1. The van der Waals surface area contributed by atoms with Crippen LogP contribution in [0.5, 0.6) is 5.75 Å². The van der Waals surface area contributed by atoms with Gasteiger partial charge in [-0.05, 0) is 79.8 Å². The number of anilines is 1. The van der Waals surface area contributed by atoms with Crippen LogP contribution >= 0.6 is 0 Å². The lowest BCUT2D eigenvalue weighted by Crippen LogP contribution is -2.36. The van der Waals surface area contributed by atoms with E-state index in [1.165, 1.54) is 5.56 Å². The number of nitrogens with one attached hydrogen (secondary N) is 1. The first-order chi connectivity index (χ1) is 19.3. The second-order valence-electron chi connectivity index (χ2n) is 11.2. The Hall–Kier alpha value is -3.84. The van der Waals surface area contributed by atoms with Gasteiger partial charge in [-0.25, -0.2) is 13.2 Å². The molecule has 2 saturated carbocycles. The van der Waals surface area contributed by atoms with Crippen LogP contribution in [0.3, 0.4) is 0 Å². The molecular weight excluding hydrogens is 522 g/mol. The number of sulfonamides is 1. The second-order valence-corrected chi connectivity index (χ2v) is 12.9. The summed E-state index contributed by atoms with van der Waals surface area (Å²) in [6, 6.07) is 27.2. The molecule has 40 heavy (non-hydrogen) atoms. The molecule has 6 nitrogen and oxygen atoms in total. The zero-order valence-electron chi connectivity index (χ0n) is 22.3. The van der Waals surface area contributed by atoms with Crippen LogP contribution in [0, 0.1) is 5.92 Å². The Balaban J connectivity index is 1.29. The third kappa shape index (κ3) is 5.30. The summed E-state index contributed by atoms with van der Waals surface area (Å²) >= 11 is 0. The molecule has 1 heterocycles. The van der Waals surface area contributed by atoms with E-state index in [4.69, 9.17) is 4.42 Å². The molecule has 0 amide bonds. The first-order valence-electron chi connectivity index (χ1n) is 13.9. The molecule has 2 fully saturated rings. The Bertz CT molecular complexity index is 1660. The van der Waals surface area contributed by atoms with Crippen LogP contribution in [-0.4, -0.2) is 13.5 Å². The molecule has 0 bridgehead atoms. The van der Waals surface area contributed by atoms with Crippen molar-refractivity contribution >= 4 is 15.7 Å². The van der Waals surface area contributed by atoms with Crippen molar-refractivity contribution in [2.45, 2.75) is 61.2 Å². The molecule has 2 N–H and O–H groups in total. The molecule has 0 saturated heterocycles. The molecule has 4 aromatic rings. The van der Waals surface area contributed by atoms with Gasteiger partial charge < -0.3 is 9.52 Å². The van der Waals surface area contributed by atoms with E-state index in [0.717, 1.165) is 50.5 Å². The molecule has 0 radical (unpaired) electrons. The normalized spacial score (nSPS) is 17.1. The fraction of sp³-hybridized carbons (Fsp3) is 0.303. The van der Waals surface area contributed by atoms with E-state index >= 15 is 0 Å². The number of rotatable bonds is 10. The predicted molar refractivity (Wildman–Crippen MR) is 155 cm³/mol. The maximum atomic E-state index is 13.5. The van der Waals surface area contributed by atoms with Crippen LogP contribution in [0.25, 0.3) is 0 Å². The van der Waals surface area contributed by atoms with E-state index in [2.05, 4.69) is 16.9 Å². The van der Waals surface area contributed by atoms with Gasteiger partial charge in [0, 0.05) is 23.1 Å². The Labute approximate surface area is 234 Å². The van der Waals surface area contributed by atoms with Crippen molar-refractivity contribution in [1.82, 2.24) is 0 Å². The molecular formula is C33H33NO5S. The Morgan fingerprint density at radius 3 is 2.25 bits per heavy atom. The summed E-state index contributed by atoms with van der Waals surface area (Å²) < 4.78 is 34.5. The summed E-state index contributed by atoms with van der Waals surface area (Å²) in [4.78, 5) is 13.7. The molecule has 0 aliphatic heterocycles. The summed E-state index contributed by atoms with van der Waals surface area (Å²) in [5.74, 6) is 0.328. The van der Waals surface area contributed by atoms with Crippen molar-refractivity contribution in [2.24, 2.45) is 5.92 Å². The smallest absolute Gasteiger partial charge is 0.343 e. The minimum Gasteiger partial charge on any atom is -0.507 e. The molecule has 2 aliphatic carbocycles. The number of hydrogen-bond donors (Lipinski definition) is 2. The quantitative estimate of drug-likeness (QED) is 0.226. The third-order valence-corrected chi connectivity index (χ3v) is 9.89. The van der Waals surface area contributed by atoms with Crippen molar-refractivity contribution in [3.8, 4) is 5.75 Å². The summed E-state index contributed by atoms with van der Waals surface area (Å²) in [6.45, 7) is 0. The minimum absolute atomic E-state index is 0.0376. The summed E-state index contributed by atoms with van der Waals surface area (Å²) in [7, 11) is -3.77. The van der Waals surface area contributed by atoms with Gasteiger partial charge in [-0.15, -0.1) is 0 Å². The Kier molecular flexibility index (Phi) is 7.00. The van der Waals surface area contributed by atoms with Crippen LogP contribution in [0.2, 0.25) is 0 Å². The van der Waals surface area contributed by atoms with Crippen LogP contribution in [0.1, 0.15) is 66.9 Å². The highest BCUT2D eigenvalue weighted by molar-refractivity contribution is 7.92. The van der Waals surface area contributed by atoms with Gasteiger partial charge in [0.05, 0.1) is 10.5 Å². The maximum absolute atomic E-state index is 13.5. The van der Waals surface area contributed by atoms with Gasteiger partial charge in [-0.2, -0.15) is 0 Å². The number of aromatic hydroxyl groups is 1. The summed E-state index contributed by atoms with van der Waals surface area (Å²) in [5.41, 5.74) is 1.93. The van der Waals surface area contributed by atoms with Crippen LogP contribution in [0.4, 0.5) is 5.69 Å². The lowest BCUT2D eigenvalue weighted by molar-refractivity contribution is 0.175. The second kappa shape index (κ2) is 10.6. The van der Waals surface area contributed by atoms with Gasteiger partial charge in [0.2, 0.25) is 0 Å². The summed E-state index contributed by atoms with van der Waals surface area (Å²) in [6.07, 6.45) is 6.50. The van der Waals surface area contributed by atoms with Crippen molar-refractivity contribution in [2.75, 3.05) is 4.72 Å². The van der Waals surface area contributed by atoms with E-state index in [0.29, 0.717) is 11.4 Å². The molecule has 1 atom stereocenters. The maximum Gasteiger partial charge on any atom is 0.343 e. The van der Waals surface area contributed by atoms with Gasteiger partial charge in [0.25, 0.3) is 10.0 Å². The monoisotopic (exact) mass is 555 g/mol. The van der Waals surface area contributed by atoms with Crippen LogP contribution in [0.15, 0.2) is 105 Å². The third-order valence-electron chi connectivity index (χ3n) is 8.49. The average Bonchev–Trinajstić information content (AvgIpc) is 3.76. The van der Waals surface area contributed by atoms with Gasteiger partial charge in [-0.1, -0.05) is 67.1 Å². The molecule has 206 valence electrons. The minimum atomic E-state index is -3.77. The van der Waals surface area contributed by atoms with Crippen LogP contribution < -0.4 is 10.3 Å². The molecule has 6 rings (SSSR count). The van der Waals surface area contributed by atoms with E-state index in [-0.39, 0.29) is 33.5 Å². The van der Waals surface area contributed by atoms with E-state index in [9.17, 15) is 18.3 Å². The number of aryl methyl sites for hydroxylation is 1. The van der Waals surface area contributed by atoms with Crippen molar-refractivity contribution in [3.63, 3.8) is 0 Å². The number of hydrogen-bond acceptors (Lipinski definition) is 5. The molecule has 2 aliphatic rings. The molecule has 1 unspecified atom stereocenters. The van der Waals surface area contributed by atoms with E-state index < -0.39 is 15.6 Å². The number of benzene rings is 3. The highest BCUT2D eigenvalue weighted by atomic mass is 32.2. The fourth-order valence-corrected chi connectivity index (χ4v) is 7.07. The molecule has 7 heteroatoms. The average molecular weight is 556 g/mol.